The fourth-order valence-corrected chi connectivity index (χ4v) is 5.46. The van der Waals surface area contributed by atoms with Crippen molar-refractivity contribution >= 4 is 37.3 Å². The SMILES string of the molecule is CNCc1cc(S(=O)(=O)NC(C)C(C)(C)C)c(Br)s1. The van der Waals surface area contributed by atoms with Gasteiger partial charge in [-0.05, 0) is 41.4 Å². The van der Waals surface area contributed by atoms with Crippen LogP contribution in [0.2, 0.25) is 0 Å². The van der Waals surface area contributed by atoms with Crippen molar-refractivity contribution in [2.24, 2.45) is 5.41 Å². The zero-order valence-corrected chi connectivity index (χ0v) is 15.1. The first-order valence-corrected chi connectivity index (χ1v) is 9.12. The quantitative estimate of drug-likeness (QED) is 0.839. The van der Waals surface area contributed by atoms with E-state index in [9.17, 15) is 8.42 Å². The first-order chi connectivity index (χ1) is 8.58. The molecule has 0 spiro atoms. The van der Waals surface area contributed by atoms with Gasteiger partial charge in [-0.2, -0.15) is 0 Å². The molecule has 110 valence electrons. The van der Waals surface area contributed by atoms with Gasteiger partial charge in [0.15, 0.2) is 0 Å². The van der Waals surface area contributed by atoms with E-state index in [1.807, 2.05) is 34.7 Å². The van der Waals surface area contributed by atoms with Crippen LogP contribution in [0.25, 0.3) is 0 Å². The fourth-order valence-electron chi connectivity index (χ4n) is 1.32. The zero-order chi connectivity index (χ0) is 14.8. The number of hydrogen-bond donors (Lipinski definition) is 2. The van der Waals surface area contributed by atoms with Crippen LogP contribution < -0.4 is 10.0 Å². The van der Waals surface area contributed by atoms with E-state index in [1.165, 1.54) is 11.3 Å². The summed E-state index contributed by atoms with van der Waals surface area (Å²) in [6.07, 6.45) is 0. The van der Waals surface area contributed by atoms with Crippen molar-refractivity contribution in [1.29, 1.82) is 0 Å². The van der Waals surface area contributed by atoms with E-state index in [0.29, 0.717) is 15.2 Å². The Hall–Kier alpha value is 0.0500. The molecule has 0 aromatic carbocycles. The normalized spacial score (nSPS) is 14.6. The van der Waals surface area contributed by atoms with Gasteiger partial charge in [0.1, 0.15) is 4.90 Å². The molecule has 0 aliphatic carbocycles. The molecular weight excluding hydrogens is 348 g/mol. The smallest absolute Gasteiger partial charge is 0.242 e. The van der Waals surface area contributed by atoms with Gasteiger partial charge in [0.25, 0.3) is 0 Å². The van der Waals surface area contributed by atoms with Crippen LogP contribution in [0.4, 0.5) is 0 Å². The second kappa shape index (κ2) is 6.22. The standard InChI is InChI=1S/C12H21BrN2O2S2/c1-8(12(2,3)4)15-19(16,17)10-6-9(7-14-5)18-11(10)13/h6,8,14-15H,7H2,1-5H3. The lowest BCUT2D eigenvalue weighted by molar-refractivity contribution is 0.317. The Bertz CT molecular complexity index is 532. The summed E-state index contributed by atoms with van der Waals surface area (Å²) < 4.78 is 28.1. The second-order valence-electron chi connectivity index (χ2n) is 5.59. The highest BCUT2D eigenvalue weighted by Gasteiger charge is 2.28. The lowest BCUT2D eigenvalue weighted by Crippen LogP contribution is -2.41. The van der Waals surface area contributed by atoms with Crippen molar-refractivity contribution in [3.63, 3.8) is 0 Å². The van der Waals surface area contributed by atoms with Crippen molar-refractivity contribution in [1.82, 2.24) is 10.0 Å². The molecular formula is C12H21BrN2O2S2. The molecule has 7 heteroatoms. The lowest BCUT2D eigenvalue weighted by Gasteiger charge is -2.27. The Kier molecular flexibility index (Phi) is 5.60. The Balaban J connectivity index is 3.01. The van der Waals surface area contributed by atoms with Crippen LogP contribution in [-0.4, -0.2) is 21.5 Å². The largest absolute Gasteiger partial charge is 0.315 e. The van der Waals surface area contributed by atoms with Crippen molar-refractivity contribution in [3.05, 3.63) is 14.7 Å². The average molecular weight is 369 g/mol. The van der Waals surface area contributed by atoms with Crippen molar-refractivity contribution < 1.29 is 8.42 Å². The maximum absolute atomic E-state index is 12.4. The number of nitrogens with one attached hydrogen (secondary N) is 2. The maximum Gasteiger partial charge on any atom is 0.242 e. The molecule has 0 bridgehead atoms. The van der Waals surface area contributed by atoms with Gasteiger partial charge in [0.2, 0.25) is 10.0 Å². The summed E-state index contributed by atoms with van der Waals surface area (Å²) in [6, 6.07) is 1.57. The molecule has 1 aromatic heterocycles. The molecule has 1 atom stereocenters. The van der Waals surface area contributed by atoms with Crippen LogP contribution in [-0.2, 0) is 16.6 Å². The van der Waals surface area contributed by atoms with Crippen LogP contribution in [0, 0.1) is 5.41 Å². The third-order valence-electron chi connectivity index (χ3n) is 2.98. The van der Waals surface area contributed by atoms with E-state index in [1.54, 1.807) is 6.07 Å². The third kappa shape index (κ3) is 4.53. The predicted molar refractivity (Wildman–Crippen MR) is 84.0 cm³/mol. The van der Waals surface area contributed by atoms with Crippen molar-refractivity contribution in [2.45, 2.75) is 45.2 Å². The summed E-state index contributed by atoms with van der Waals surface area (Å²) in [6.45, 7) is 8.57. The molecule has 0 fully saturated rings. The van der Waals surface area contributed by atoms with Crippen LogP contribution in [0.1, 0.15) is 32.6 Å². The Morgan fingerprint density at radius 1 is 1.42 bits per heavy atom. The third-order valence-corrected chi connectivity index (χ3v) is 6.77. The topological polar surface area (TPSA) is 58.2 Å². The van der Waals surface area contributed by atoms with Gasteiger partial charge in [0.05, 0.1) is 3.79 Å². The van der Waals surface area contributed by atoms with E-state index in [2.05, 4.69) is 26.0 Å². The molecule has 1 aromatic rings. The minimum absolute atomic E-state index is 0.122. The molecule has 2 N–H and O–H groups in total. The van der Waals surface area contributed by atoms with Gasteiger partial charge in [-0.15, -0.1) is 11.3 Å². The van der Waals surface area contributed by atoms with E-state index in [0.717, 1.165) is 4.88 Å². The van der Waals surface area contributed by atoms with E-state index in [-0.39, 0.29) is 11.5 Å². The first-order valence-electron chi connectivity index (χ1n) is 6.03. The fraction of sp³-hybridized carbons (Fsp3) is 0.667. The van der Waals surface area contributed by atoms with Gasteiger partial charge in [-0.3, -0.25) is 0 Å². The molecule has 0 saturated heterocycles. The second-order valence-corrected chi connectivity index (χ2v) is 9.73. The molecule has 1 rings (SSSR count). The minimum Gasteiger partial charge on any atom is -0.315 e. The van der Waals surface area contributed by atoms with Gasteiger partial charge in [-0.1, -0.05) is 20.8 Å². The van der Waals surface area contributed by atoms with Crippen molar-refractivity contribution in [3.8, 4) is 0 Å². The summed E-state index contributed by atoms with van der Waals surface area (Å²) in [5.74, 6) is 0. The number of hydrogen-bond acceptors (Lipinski definition) is 4. The summed E-state index contributed by atoms with van der Waals surface area (Å²) in [5, 5.41) is 3.02. The van der Waals surface area contributed by atoms with Crippen LogP contribution in [0.5, 0.6) is 0 Å². The highest BCUT2D eigenvalue weighted by atomic mass is 79.9. The highest BCUT2D eigenvalue weighted by Crippen LogP contribution is 2.32. The number of halogens is 1. The number of sulfonamides is 1. The Morgan fingerprint density at radius 2 is 2.00 bits per heavy atom. The van der Waals surface area contributed by atoms with Gasteiger partial charge < -0.3 is 5.32 Å². The summed E-state index contributed by atoms with van der Waals surface area (Å²) in [5.41, 5.74) is -0.122. The van der Waals surface area contributed by atoms with E-state index in [4.69, 9.17) is 0 Å². The monoisotopic (exact) mass is 368 g/mol. The molecule has 0 radical (unpaired) electrons. The van der Waals surface area contributed by atoms with Crippen LogP contribution in [0.3, 0.4) is 0 Å². The summed E-state index contributed by atoms with van der Waals surface area (Å²) in [7, 11) is -1.65. The molecule has 0 saturated carbocycles. The van der Waals surface area contributed by atoms with E-state index >= 15 is 0 Å². The maximum atomic E-state index is 12.4. The summed E-state index contributed by atoms with van der Waals surface area (Å²) >= 11 is 4.77. The Morgan fingerprint density at radius 3 is 2.47 bits per heavy atom. The predicted octanol–water partition coefficient (Wildman–Crippen LogP) is 2.94. The van der Waals surface area contributed by atoms with Gasteiger partial charge >= 0.3 is 0 Å². The molecule has 0 amide bonds. The Labute approximate surface area is 128 Å². The lowest BCUT2D eigenvalue weighted by atomic mass is 9.89. The number of rotatable bonds is 5. The molecule has 1 unspecified atom stereocenters. The molecule has 0 aliphatic rings. The zero-order valence-electron chi connectivity index (χ0n) is 11.9. The average Bonchev–Trinajstić information content (AvgIpc) is 2.58. The van der Waals surface area contributed by atoms with Crippen LogP contribution >= 0.6 is 27.3 Å². The van der Waals surface area contributed by atoms with Gasteiger partial charge in [0, 0.05) is 17.5 Å². The molecule has 4 nitrogen and oxygen atoms in total. The minimum atomic E-state index is -3.49. The van der Waals surface area contributed by atoms with Crippen LogP contribution in [0.15, 0.2) is 14.7 Å². The summed E-state index contributed by atoms with van der Waals surface area (Å²) in [4.78, 5) is 1.30. The first kappa shape index (κ1) is 17.1. The molecule has 19 heavy (non-hydrogen) atoms. The van der Waals surface area contributed by atoms with E-state index < -0.39 is 10.0 Å². The number of thiophene rings is 1. The van der Waals surface area contributed by atoms with Gasteiger partial charge in [-0.25, -0.2) is 13.1 Å². The highest BCUT2D eigenvalue weighted by molar-refractivity contribution is 9.11. The molecule has 1 heterocycles. The van der Waals surface area contributed by atoms with Crippen molar-refractivity contribution in [2.75, 3.05) is 7.05 Å². The molecule has 0 aliphatic heterocycles.